The summed E-state index contributed by atoms with van der Waals surface area (Å²) in [6, 6.07) is 7.76. The molecule has 110 valence electrons. The Morgan fingerprint density at radius 3 is 2.26 bits per heavy atom. The van der Waals surface area contributed by atoms with Crippen LogP contribution in [0.1, 0.15) is 6.92 Å². The molecule has 0 saturated carbocycles. The first-order chi connectivity index (χ1) is 8.31. The average Bonchev–Trinajstić information content (AvgIpc) is 2.40. The number of halogens is 2. The Balaban J connectivity index is 0.00000162. The number of ether oxygens (including phenoxy) is 2. The Labute approximate surface area is 127 Å². The molecular formula is C13H22Cl2N2O2. The van der Waals surface area contributed by atoms with E-state index in [1.165, 1.54) is 0 Å². The molecule has 2 rings (SSSR count). The predicted octanol–water partition coefficient (Wildman–Crippen LogP) is 2.17. The van der Waals surface area contributed by atoms with E-state index in [9.17, 15) is 0 Å². The lowest BCUT2D eigenvalue weighted by Gasteiger charge is -2.32. The molecule has 1 heterocycles. The van der Waals surface area contributed by atoms with E-state index in [1.54, 1.807) is 7.11 Å². The fourth-order valence-electron chi connectivity index (χ4n) is 2.02. The monoisotopic (exact) mass is 308 g/mol. The highest BCUT2D eigenvalue weighted by atomic mass is 35.5. The molecule has 1 aromatic rings. The molecule has 1 unspecified atom stereocenters. The van der Waals surface area contributed by atoms with Gasteiger partial charge in [0.1, 0.15) is 6.23 Å². The predicted molar refractivity (Wildman–Crippen MR) is 82.0 cm³/mol. The first-order valence-corrected chi connectivity index (χ1v) is 6.05. The molecule has 1 aromatic carbocycles. The van der Waals surface area contributed by atoms with Gasteiger partial charge in [-0.15, -0.1) is 24.8 Å². The number of piperazine rings is 1. The third kappa shape index (κ3) is 5.07. The molecule has 6 heteroatoms. The van der Waals surface area contributed by atoms with Crippen molar-refractivity contribution in [3.8, 4) is 11.5 Å². The lowest BCUT2D eigenvalue weighted by atomic mass is 10.3. The van der Waals surface area contributed by atoms with Gasteiger partial charge in [-0.2, -0.15) is 0 Å². The largest absolute Gasteiger partial charge is 0.493 e. The molecule has 1 fully saturated rings. The van der Waals surface area contributed by atoms with E-state index < -0.39 is 0 Å². The summed E-state index contributed by atoms with van der Waals surface area (Å²) in [4.78, 5) is 2.32. The van der Waals surface area contributed by atoms with Gasteiger partial charge in [-0.1, -0.05) is 12.1 Å². The third-order valence-corrected chi connectivity index (χ3v) is 3.03. The minimum absolute atomic E-state index is 0. The summed E-state index contributed by atoms with van der Waals surface area (Å²) in [6.07, 6.45) is 0.0772. The van der Waals surface area contributed by atoms with Crippen LogP contribution in [0.3, 0.4) is 0 Å². The van der Waals surface area contributed by atoms with Crippen molar-refractivity contribution in [2.75, 3.05) is 33.3 Å². The van der Waals surface area contributed by atoms with Crippen molar-refractivity contribution in [3.63, 3.8) is 0 Å². The average molecular weight is 309 g/mol. The third-order valence-electron chi connectivity index (χ3n) is 3.03. The molecule has 19 heavy (non-hydrogen) atoms. The lowest BCUT2D eigenvalue weighted by Crippen LogP contribution is -2.49. The SMILES string of the molecule is COc1ccccc1OC(C)N1CCNCC1.Cl.Cl. The fourth-order valence-corrected chi connectivity index (χ4v) is 2.02. The summed E-state index contributed by atoms with van der Waals surface area (Å²) in [5.74, 6) is 1.59. The first-order valence-electron chi connectivity index (χ1n) is 6.05. The van der Waals surface area contributed by atoms with E-state index >= 15 is 0 Å². The molecular weight excluding hydrogens is 287 g/mol. The maximum absolute atomic E-state index is 5.95. The topological polar surface area (TPSA) is 33.7 Å². The number of nitrogens with zero attached hydrogens (tertiary/aromatic N) is 1. The van der Waals surface area contributed by atoms with Gasteiger partial charge in [0.2, 0.25) is 0 Å². The van der Waals surface area contributed by atoms with Crippen LogP contribution in [0.4, 0.5) is 0 Å². The van der Waals surface area contributed by atoms with E-state index in [0.29, 0.717) is 0 Å². The number of nitrogens with one attached hydrogen (secondary N) is 1. The van der Waals surface area contributed by atoms with E-state index in [1.807, 2.05) is 24.3 Å². The fraction of sp³-hybridized carbons (Fsp3) is 0.538. The summed E-state index contributed by atoms with van der Waals surface area (Å²) in [7, 11) is 1.66. The van der Waals surface area contributed by atoms with Crippen LogP contribution in [0.15, 0.2) is 24.3 Å². The summed E-state index contributed by atoms with van der Waals surface area (Å²) in [5, 5.41) is 3.33. The second kappa shape index (κ2) is 9.26. The van der Waals surface area contributed by atoms with Crippen LogP contribution in [0.2, 0.25) is 0 Å². The van der Waals surface area contributed by atoms with Crippen molar-refractivity contribution in [2.24, 2.45) is 0 Å². The van der Waals surface area contributed by atoms with E-state index in [2.05, 4.69) is 17.1 Å². The maximum Gasteiger partial charge on any atom is 0.163 e. The second-order valence-electron chi connectivity index (χ2n) is 4.15. The standard InChI is InChI=1S/C13H20N2O2.2ClH/c1-11(15-9-7-14-8-10-15)17-13-6-4-3-5-12(13)16-2;;/h3-6,11,14H,7-10H2,1-2H3;2*1H. The van der Waals surface area contributed by atoms with Crippen molar-refractivity contribution in [1.29, 1.82) is 0 Å². The molecule has 4 nitrogen and oxygen atoms in total. The molecule has 1 N–H and O–H groups in total. The van der Waals surface area contributed by atoms with Gasteiger partial charge in [-0.3, -0.25) is 4.90 Å². The molecule has 1 saturated heterocycles. The minimum Gasteiger partial charge on any atom is -0.493 e. The van der Waals surface area contributed by atoms with Crippen LogP contribution < -0.4 is 14.8 Å². The summed E-state index contributed by atoms with van der Waals surface area (Å²) < 4.78 is 11.2. The van der Waals surface area contributed by atoms with Crippen LogP contribution >= 0.6 is 24.8 Å². The van der Waals surface area contributed by atoms with Crippen molar-refractivity contribution >= 4 is 24.8 Å². The summed E-state index contributed by atoms with van der Waals surface area (Å²) >= 11 is 0. The smallest absolute Gasteiger partial charge is 0.163 e. The number of rotatable bonds is 4. The maximum atomic E-state index is 5.95. The molecule has 0 aliphatic carbocycles. The normalized spacial score (nSPS) is 16.7. The van der Waals surface area contributed by atoms with Gasteiger partial charge < -0.3 is 14.8 Å². The number of hydrogen-bond acceptors (Lipinski definition) is 4. The molecule has 1 aliphatic heterocycles. The first kappa shape index (κ1) is 18.3. The Kier molecular flexibility index (Phi) is 8.93. The van der Waals surface area contributed by atoms with E-state index in [0.717, 1.165) is 37.7 Å². The van der Waals surface area contributed by atoms with Crippen molar-refractivity contribution in [3.05, 3.63) is 24.3 Å². The highest BCUT2D eigenvalue weighted by Gasteiger charge is 2.18. The zero-order valence-electron chi connectivity index (χ0n) is 11.3. The molecule has 1 aliphatic rings. The van der Waals surface area contributed by atoms with Crippen LogP contribution in [0, 0.1) is 0 Å². The zero-order chi connectivity index (χ0) is 12.1. The molecule has 0 amide bonds. The molecule has 0 spiro atoms. The molecule has 0 radical (unpaired) electrons. The van der Waals surface area contributed by atoms with Gasteiger partial charge in [0.25, 0.3) is 0 Å². The highest BCUT2D eigenvalue weighted by Crippen LogP contribution is 2.27. The number of hydrogen-bond donors (Lipinski definition) is 1. The Hall–Kier alpha value is -0.680. The molecule has 0 bridgehead atoms. The zero-order valence-corrected chi connectivity index (χ0v) is 12.9. The van der Waals surface area contributed by atoms with Crippen LogP contribution in [-0.2, 0) is 0 Å². The lowest BCUT2D eigenvalue weighted by molar-refractivity contribution is 0.0293. The number of benzene rings is 1. The van der Waals surface area contributed by atoms with Gasteiger partial charge in [-0.05, 0) is 19.1 Å². The van der Waals surface area contributed by atoms with Crippen molar-refractivity contribution in [2.45, 2.75) is 13.2 Å². The minimum atomic E-state index is 0. The van der Waals surface area contributed by atoms with Gasteiger partial charge in [0, 0.05) is 26.2 Å². The number of para-hydroxylation sites is 2. The Bertz CT molecular complexity index is 360. The van der Waals surface area contributed by atoms with Gasteiger partial charge >= 0.3 is 0 Å². The Morgan fingerprint density at radius 2 is 1.68 bits per heavy atom. The molecule has 0 aromatic heterocycles. The summed E-state index contributed by atoms with van der Waals surface area (Å²) in [6.45, 7) is 6.18. The highest BCUT2D eigenvalue weighted by molar-refractivity contribution is 5.85. The van der Waals surface area contributed by atoms with Crippen LogP contribution in [0.25, 0.3) is 0 Å². The van der Waals surface area contributed by atoms with Gasteiger partial charge in [0.15, 0.2) is 11.5 Å². The van der Waals surface area contributed by atoms with Crippen LogP contribution in [-0.4, -0.2) is 44.4 Å². The van der Waals surface area contributed by atoms with Crippen LogP contribution in [0.5, 0.6) is 11.5 Å². The number of methoxy groups -OCH3 is 1. The second-order valence-corrected chi connectivity index (χ2v) is 4.15. The van der Waals surface area contributed by atoms with Crippen molar-refractivity contribution in [1.82, 2.24) is 10.2 Å². The van der Waals surface area contributed by atoms with Gasteiger partial charge in [-0.25, -0.2) is 0 Å². The van der Waals surface area contributed by atoms with E-state index in [4.69, 9.17) is 9.47 Å². The van der Waals surface area contributed by atoms with Crippen molar-refractivity contribution < 1.29 is 9.47 Å². The Morgan fingerprint density at radius 1 is 1.11 bits per heavy atom. The van der Waals surface area contributed by atoms with Gasteiger partial charge in [0.05, 0.1) is 7.11 Å². The van der Waals surface area contributed by atoms with E-state index in [-0.39, 0.29) is 31.0 Å². The summed E-state index contributed by atoms with van der Waals surface area (Å²) in [5.41, 5.74) is 0. The quantitative estimate of drug-likeness (QED) is 0.924. The molecule has 1 atom stereocenters.